The maximum atomic E-state index is 11.3. The minimum absolute atomic E-state index is 0.0888. The Labute approximate surface area is 95.2 Å². The summed E-state index contributed by atoms with van der Waals surface area (Å²) in [5.41, 5.74) is 0.977. The quantitative estimate of drug-likeness (QED) is 0.790. The van der Waals surface area contributed by atoms with E-state index in [-0.39, 0.29) is 25.0 Å². The second kappa shape index (κ2) is 6.12. The molecular formula is C12H17NO3. The molecule has 1 aromatic carbocycles. The highest BCUT2D eigenvalue weighted by Crippen LogP contribution is 2.18. The number of aliphatic hydroxyl groups excluding tert-OH is 1. The molecule has 0 aliphatic carbocycles. The molecule has 1 rings (SSSR count). The van der Waals surface area contributed by atoms with Crippen LogP contribution < -0.4 is 10.1 Å². The van der Waals surface area contributed by atoms with E-state index in [1.807, 2.05) is 31.2 Å². The Bertz CT molecular complexity index is 352. The zero-order valence-corrected chi connectivity index (χ0v) is 9.56. The Kier molecular flexibility index (Phi) is 4.79. The molecule has 0 radical (unpaired) electrons. The highest BCUT2D eigenvalue weighted by molar-refractivity contribution is 5.76. The summed E-state index contributed by atoms with van der Waals surface area (Å²) in [5, 5.41) is 11.4. The average molecular weight is 223 g/mol. The molecule has 0 aliphatic heterocycles. The van der Waals surface area contributed by atoms with Crippen LogP contribution in [-0.4, -0.2) is 24.7 Å². The highest BCUT2D eigenvalue weighted by atomic mass is 16.5. The number of carbonyl (C=O) groups is 1. The smallest absolute Gasteiger partial charge is 0.222 e. The van der Waals surface area contributed by atoms with Crippen molar-refractivity contribution in [1.82, 2.24) is 5.32 Å². The maximum Gasteiger partial charge on any atom is 0.222 e. The largest absolute Gasteiger partial charge is 0.497 e. The molecule has 4 heteroatoms. The van der Waals surface area contributed by atoms with Gasteiger partial charge in [0, 0.05) is 6.42 Å². The number of methoxy groups -OCH3 is 1. The van der Waals surface area contributed by atoms with Crippen LogP contribution in [0.5, 0.6) is 5.75 Å². The summed E-state index contributed by atoms with van der Waals surface area (Å²) in [6.07, 6.45) is 0.133. The van der Waals surface area contributed by atoms with Crippen LogP contribution in [0.25, 0.3) is 0 Å². The topological polar surface area (TPSA) is 58.6 Å². The zero-order valence-electron chi connectivity index (χ0n) is 9.56. The minimum Gasteiger partial charge on any atom is -0.497 e. The Morgan fingerprint density at radius 3 is 2.94 bits per heavy atom. The van der Waals surface area contributed by atoms with Gasteiger partial charge in [0.05, 0.1) is 19.8 Å². The summed E-state index contributed by atoms with van der Waals surface area (Å²) in [7, 11) is 1.61. The van der Waals surface area contributed by atoms with Gasteiger partial charge in [0.2, 0.25) is 5.91 Å². The monoisotopic (exact) mass is 223 g/mol. The van der Waals surface area contributed by atoms with Crippen LogP contribution in [0.2, 0.25) is 0 Å². The second-order valence-electron chi connectivity index (χ2n) is 3.54. The van der Waals surface area contributed by atoms with Gasteiger partial charge in [-0.2, -0.15) is 0 Å². The Morgan fingerprint density at radius 1 is 1.56 bits per heavy atom. The number of hydrogen-bond donors (Lipinski definition) is 2. The molecule has 0 saturated carbocycles. The van der Waals surface area contributed by atoms with E-state index in [9.17, 15) is 4.79 Å². The predicted octanol–water partition coefficient (Wildman–Crippen LogP) is 1.25. The predicted molar refractivity (Wildman–Crippen MR) is 61.3 cm³/mol. The molecule has 0 heterocycles. The van der Waals surface area contributed by atoms with Crippen LogP contribution in [0.1, 0.15) is 24.9 Å². The lowest BCUT2D eigenvalue weighted by molar-refractivity contribution is -0.122. The lowest BCUT2D eigenvalue weighted by Gasteiger charge is -2.14. The Morgan fingerprint density at radius 2 is 2.31 bits per heavy atom. The number of rotatable bonds is 5. The summed E-state index contributed by atoms with van der Waals surface area (Å²) in [6, 6.07) is 7.44. The SMILES string of the molecule is COc1cccc([C@@H](C)NC(=O)CCO)c1. The number of hydrogen-bond acceptors (Lipinski definition) is 3. The van der Waals surface area contributed by atoms with Crippen LogP contribution in [0.15, 0.2) is 24.3 Å². The molecule has 2 N–H and O–H groups in total. The summed E-state index contributed by atoms with van der Waals surface area (Å²) in [4.78, 5) is 11.3. The van der Waals surface area contributed by atoms with Gasteiger partial charge in [-0.25, -0.2) is 0 Å². The molecule has 0 aliphatic rings. The molecule has 0 unspecified atom stereocenters. The lowest BCUT2D eigenvalue weighted by atomic mass is 10.1. The number of benzene rings is 1. The van der Waals surface area contributed by atoms with Crippen molar-refractivity contribution < 1.29 is 14.6 Å². The van der Waals surface area contributed by atoms with Crippen molar-refractivity contribution >= 4 is 5.91 Å². The number of aliphatic hydroxyl groups is 1. The molecule has 16 heavy (non-hydrogen) atoms. The number of amides is 1. The molecule has 4 nitrogen and oxygen atoms in total. The number of carbonyl (C=O) groups excluding carboxylic acids is 1. The molecular weight excluding hydrogens is 206 g/mol. The van der Waals surface area contributed by atoms with E-state index in [4.69, 9.17) is 9.84 Å². The van der Waals surface area contributed by atoms with Crippen molar-refractivity contribution in [3.05, 3.63) is 29.8 Å². The van der Waals surface area contributed by atoms with Crippen molar-refractivity contribution in [3.63, 3.8) is 0 Å². The van der Waals surface area contributed by atoms with Crippen molar-refractivity contribution in [2.75, 3.05) is 13.7 Å². The van der Waals surface area contributed by atoms with E-state index in [2.05, 4.69) is 5.32 Å². The van der Waals surface area contributed by atoms with Crippen molar-refractivity contribution in [3.8, 4) is 5.75 Å². The third-order valence-electron chi connectivity index (χ3n) is 2.31. The van der Waals surface area contributed by atoms with Crippen molar-refractivity contribution in [2.45, 2.75) is 19.4 Å². The molecule has 1 atom stereocenters. The molecule has 0 bridgehead atoms. The molecule has 0 fully saturated rings. The summed E-state index contributed by atoms with van der Waals surface area (Å²) in [6.45, 7) is 1.76. The first kappa shape index (κ1) is 12.5. The zero-order chi connectivity index (χ0) is 12.0. The number of ether oxygens (including phenoxy) is 1. The van der Waals surface area contributed by atoms with E-state index >= 15 is 0 Å². The van der Waals surface area contributed by atoms with Gasteiger partial charge in [-0.05, 0) is 24.6 Å². The Hall–Kier alpha value is -1.55. The van der Waals surface area contributed by atoms with E-state index in [1.54, 1.807) is 7.11 Å². The van der Waals surface area contributed by atoms with Gasteiger partial charge in [-0.1, -0.05) is 12.1 Å². The second-order valence-corrected chi connectivity index (χ2v) is 3.54. The standard InChI is InChI=1S/C12H17NO3/c1-9(13-12(15)6-7-14)10-4-3-5-11(8-10)16-2/h3-5,8-9,14H,6-7H2,1-2H3,(H,13,15)/t9-/m1/s1. The molecule has 0 saturated heterocycles. The van der Waals surface area contributed by atoms with Crippen LogP contribution in [-0.2, 0) is 4.79 Å². The maximum absolute atomic E-state index is 11.3. The molecule has 1 aromatic rings. The first-order valence-electron chi connectivity index (χ1n) is 5.21. The number of nitrogens with one attached hydrogen (secondary N) is 1. The molecule has 1 amide bonds. The molecule has 88 valence electrons. The van der Waals surface area contributed by atoms with Gasteiger partial charge in [0.25, 0.3) is 0 Å². The third-order valence-corrected chi connectivity index (χ3v) is 2.31. The van der Waals surface area contributed by atoms with Crippen LogP contribution in [0.4, 0.5) is 0 Å². The van der Waals surface area contributed by atoms with Gasteiger partial charge in [-0.3, -0.25) is 4.79 Å². The van der Waals surface area contributed by atoms with E-state index < -0.39 is 0 Å². The molecule has 0 aromatic heterocycles. The van der Waals surface area contributed by atoms with Crippen molar-refractivity contribution in [1.29, 1.82) is 0 Å². The van der Waals surface area contributed by atoms with Gasteiger partial charge in [0.1, 0.15) is 5.75 Å². The van der Waals surface area contributed by atoms with Crippen LogP contribution in [0, 0.1) is 0 Å². The summed E-state index contributed by atoms with van der Waals surface area (Å²) < 4.78 is 5.10. The Balaban J connectivity index is 2.64. The van der Waals surface area contributed by atoms with Gasteiger partial charge in [0.15, 0.2) is 0 Å². The molecule has 0 spiro atoms. The van der Waals surface area contributed by atoms with Gasteiger partial charge in [-0.15, -0.1) is 0 Å². The highest BCUT2D eigenvalue weighted by Gasteiger charge is 2.09. The first-order chi connectivity index (χ1) is 7.67. The van der Waals surface area contributed by atoms with E-state index in [0.29, 0.717) is 0 Å². The normalized spacial score (nSPS) is 11.9. The van der Waals surface area contributed by atoms with Gasteiger partial charge < -0.3 is 15.2 Å². The fourth-order valence-electron chi connectivity index (χ4n) is 1.41. The first-order valence-corrected chi connectivity index (χ1v) is 5.21. The summed E-state index contributed by atoms with van der Waals surface area (Å²) in [5.74, 6) is 0.610. The van der Waals surface area contributed by atoms with E-state index in [0.717, 1.165) is 11.3 Å². The fraction of sp³-hybridized carbons (Fsp3) is 0.417. The lowest BCUT2D eigenvalue weighted by Crippen LogP contribution is -2.27. The van der Waals surface area contributed by atoms with Gasteiger partial charge >= 0.3 is 0 Å². The minimum atomic E-state index is -0.155. The van der Waals surface area contributed by atoms with Crippen LogP contribution >= 0.6 is 0 Å². The van der Waals surface area contributed by atoms with Crippen LogP contribution in [0.3, 0.4) is 0 Å². The van der Waals surface area contributed by atoms with Crippen molar-refractivity contribution in [2.24, 2.45) is 0 Å². The fourth-order valence-corrected chi connectivity index (χ4v) is 1.41. The van der Waals surface area contributed by atoms with E-state index in [1.165, 1.54) is 0 Å². The average Bonchev–Trinajstić information content (AvgIpc) is 2.29. The third kappa shape index (κ3) is 3.55. The summed E-state index contributed by atoms with van der Waals surface area (Å²) >= 11 is 0.